The number of amides is 1. The largest absolute Gasteiger partial charge is 0.480 e. The molecule has 0 saturated heterocycles. The summed E-state index contributed by atoms with van der Waals surface area (Å²) in [7, 11) is 1.42. The van der Waals surface area contributed by atoms with Gasteiger partial charge in [-0.25, -0.2) is 4.39 Å². The summed E-state index contributed by atoms with van der Waals surface area (Å²) in [5.41, 5.74) is -0.259. The van der Waals surface area contributed by atoms with Crippen molar-refractivity contribution in [1.29, 1.82) is 0 Å². The standard InChI is InChI=1S/C12H13ClFNO4/c1-19-6-5-15(7-10(16)17)12(18)8-3-2-4-9(13)11(8)14/h2-4H,5-7H2,1H3,(H,16,17). The highest BCUT2D eigenvalue weighted by molar-refractivity contribution is 6.31. The van der Waals surface area contributed by atoms with Crippen LogP contribution in [0.25, 0.3) is 0 Å². The molecule has 5 nitrogen and oxygen atoms in total. The van der Waals surface area contributed by atoms with Crippen molar-refractivity contribution in [3.63, 3.8) is 0 Å². The first kappa shape index (κ1) is 15.4. The molecule has 0 radical (unpaired) electrons. The number of benzene rings is 1. The van der Waals surface area contributed by atoms with E-state index in [2.05, 4.69) is 0 Å². The maximum absolute atomic E-state index is 13.7. The Balaban J connectivity index is 2.97. The van der Waals surface area contributed by atoms with Gasteiger partial charge in [-0.05, 0) is 12.1 Å². The molecule has 1 aromatic carbocycles. The van der Waals surface area contributed by atoms with Crippen molar-refractivity contribution < 1.29 is 23.8 Å². The maximum Gasteiger partial charge on any atom is 0.323 e. The molecule has 1 aromatic rings. The number of carboxylic acids is 1. The van der Waals surface area contributed by atoms with Crippen molar-refractivity contribution in [3.8, 4) is 0 Å². The number of halogens is 2. The van der Waals surface area contributed by atoms with Crippen molar-refractivity contribution in [2.45, 2.75) is 0 Å². The number of carbonyl (C=O) groups excluding carboxylic acids is 1. The lowest BCUT2D eigenvalue weighted by Gasteiger charge is -2.20. The summed E-state index contributed by atoms with van der Waals surface area (Å²) in [5.74, 6) is -2.78. The molecule has 0 heterocycles. The normalized spacial score (nSPS) is 10.3. The Hall–Kier alpha value is -1.66. The summed E-state index contributed by atoms with van der Waals surface area (Å²) in [4.78, 5) is 23.8. The van der Waals surface area contributed by atoms with E-state index in [9.17, 15) is 14.0 Å². The van der Waals surface area contributed by atoms with Crippen molar-refractivity contribution in [2.24, 2.45) is 0 Å². The third kappa shape index (κ3) is 4.18. The van der Waals surface area contributed by atoms with Gasteiger partial charge in [-0.2, -0.15) is 0 Å². The van der Waals surface area contributed by atoms with E-state index in [-0.39, 0.29) is 23.7 Å². The van der Waals surface area contributed by atoms with Gasteiger partial charge in [-0.1, -0.05) is 17.7 Å². The number of carbonyl (C=O) groups is 2. The quantitative estimate of drug-likeness (QED) is 0.865. The molecule has 1 rings (SSSR count). The molecule has 7 heteroatoms. The lowest BCUT2D eigenvalue weighted by molar-refractivity contribution is -0.137. The van der Waals surface area contributed by atoms with Crippen molar-refractivity contribution in [3.05, 3.63) is 34.6 Å². The lowest BCUT2D eigenvalue weighted by atomic mass is 10.2. The molecule has 0 atom stereocenters. The number of ether oxygens (including phenoxy) is 1. The molecular formula is C12H13ClFNO4. The van der Waals surface area contributed by atoms with E-state index in [1.165, 1.54) is 25.3 Å². The van der Waals surface area contributed by atoms with Crippen LogP contribution >= 0.6 is 11.6 Å². The van der Waals surface area contributed by atoms with Crippen LogP contribution < -0.4 is 0 Å². The van der Waals surface area contributed by atoms with Crippen molar-refractivity contribution in [2.75, 3.05) is 26.8 Å². The van der Waals surface area contributed by atoms with Gasteiger partial charge in [0.1, 0.15) is 6.54 Å². The molecule has 104 valence electrons. The second-order valence-electron chi connectivity index (χ2n) is 3.71. The predicted molar refractivity (Wildman–Crippen MR) is 66.8 cm³/mol. The number of hydrogen-bond acceptors (Lipinski definition) is 3. The first-order valence-corrected chi connectivity index (χ1v) is 5.79. The molecule has 0 saturated carbocycles. The van der Waals surface area contributed by atoms with E-state index < -0.39 is 24.2 Å². The number of nitrogens with zero attached hydrogens (tertiary/aromatic N) is 1. The molecule has 0 spiro atoms. The third-order valence-corrected chi connectivity index (χ3v) is 2.65. The second kappa shape index (κ2) is 7.06. The fourth-order valence-electron chi connectivity index (χ4n) is 1.46. The van der Waals surface area contributed by atoms with E-state index >= 15 is 0 Å². The minimum Gasteiger partial charge on any atom is -0.480 e. The van der Waals surface area contributed by atoms with E-state index in [0.29, 0.717) is 0 Å². The second-order valence-corrected chi connectivity index (χ2v) is 4.12. The molecule has 0 aliphatic carbocycles. The fraction of sp³-hybridized carbons (Fsp3) is 0.333. The van der Waals surface area contributed by atoms with Gasteiger partial charge < -0.3 is 14.7 Å². The van der Waals surface area contributed by atoms with Crippen molar-refractivity contribution in [1.82, 2.24) is 4.90 Å². The summed E-state index contributed by atoms with van der Waals surface area (Å²) in [6.45, 7) is -0.330. The van der Waals surface area contributed by atoms with Crippen LogP contribution in [0.5, 0.6) is 0 Å². The average Bonchev–Trinajstić information content (AvgIpc) is 2.36. The van der Waals surface area contributed by atoms with Gasteiger partial charge in [0.05, 0.1) is 17.2 Å². The van der Waals surface area contributed by atoms with Gasteiger partial charge in [0.2, 0.25) is 0 Å². The molecule has 0 unspecified atom stereocenters. The van der Waals surface area contributed by atoms with Crippen LogP contribution in [0.3, 0.4) is 0 Å². The van der Waals surface area contributed by atoms with E-state index in [4.69, 9.17) is 21.4 Å². The highest BCUT2D eigenvalue weighted by Gasteiger charge is 2.22. The molecule has 1 amide bonds. The van der Waals surface area contributed by atoms with Crippen LogP contribution in [0.2, 0.25) is 5.02 Å². The van der Waals surface area contributed by atoms with Gasteiger partial charge in [0.15, 0.2) is 5.82 Å². The molecule has 0 aliphatic rings. The van der Waals surface area contributed by atoms with E-state index in [1.807, 2.05) is 0 Å². The Labute approximate surface area is 114 Å². The van der Waals surface area contributed by atoms with Crippen molar-refractivity contribution >= 4 is 23.5 Å². The fourth-order valence-corrected chi connectivity index (χ4v) is 1.63. The first-order valence-electron chi connectivity index (χ1n) is 5.41. The smallest absolute Gasteiger partial charge is 0.323 e. The summed E-state index contributed by atoms with van der Waals surface area (Å²) in [6, 6.07) is 3.99. The first-order chi connectivity index (χ1) is 8.97. The Bertz CT molecular complexity index is 481. The van der Waals surface area contributed by atoms with Gasteiger partial charge in [-0.3, -0.25) is 9.59 Å². The Morgan fingerprint density at radius 2 is 2.16 bits per heavy atom. The number of rotatable bonds is 6. The van der Waals surface area contributed by atoms with Crippen LogP contribution in [-0.2, 0) is 9.53 Å². The predicted octanol–water partition coefficient (Wildman–Crippen LogP) is 1.65. The summed E-state index contributed by atoms with van der Waals surface area (Å²) in [6.07, 6.45) is 0. The third-order valence-electron chi connectivity index (χ3n) is 2.36. The summed E-state index contributed by atoms with van der Waals surface area (Å²) >= 11 is 5.59. The maximum atomic E-state index is 13.7. The van der Waals surface area contributed by atoms with Crippen LogP contribution in [0.1, 0.15) is 10.4 Å². The highest BCUT2D eigenvalue weighted by atomic mass is 35.5. The van der Waals surface area contributed by atoms with Crippen LogP contribution in [0, 0.1) is 5.82 Å². The zero-order chi connectivity index (χ0) is 14.4. The van der Waals surface area contributed by atoms with Gasteiger partial charge >= 0.3 is 5.97 Å². The molecular weight excluding hydrogens is 277 g/mol. The molecule has 1 N–H and O–H groups in total. The van der Waals surface area contributed by atoms with E-state index in [1.54, 1.807) is 0 Å². The topological polar surface area (TPSA) is 66.8 Å². The zero-order valence-electron chi connectivity index (χ0n) is 10.2. The molecule has 0 bridgehead atoms. The number of hydrogen-bond donors (Lipinski definition) is 1. The van der Waals surface area contributed by atoms with Crippen LogP contribution in [0.4, 0.5) is 4.39 Å². The number of methoxy groups -OCH3 is 1. The van der Waals surface area contributed by atoms with Gasteiger partial charge in [0.25, 0.3) is 5.91 Å². The Kier molecular flexibility index (Phi) is 5.72. The lowest BCUT2D eigenvalue weighted by Crippen LogP contribution is -2.38. The minimum absolute atomic E-state index is 0.0492. The Morgan fingerprint density at radius 1 is 1.47 bits per heavy atom. The van der Waals surface area contributed by atoms with Crippen LogP contribution in [0.15, 0.2) is 18.2 Å². The summed E-state index contributed by atoms with van der Waals surface area (Å²) < 4.78 is 18.5. The number of aliphatic carboxylic acids is 1. The molecule has 0 aliphatic heterocycles. The zero-order valence-corrected chi connectivity index (χ0v) is 11.0. The molecule has 19 heavy (non-hydrogen) atoms. The molecule has 0 aromatic heterocycles. The SMILES string of the molecule is COCCN(CC(=O)O)C(=O)c1cccc(Cl)c1F. The highest BCUT2D eigenvalue weighted by Crippen LogP contribution is 2.19. The minimum atomic E-state index is -1.19. The Morgan fingerprint density at radius 3 is 2.74 bits per heavy atom. The van der Waals surface area contributed by atoms with E-state index in [0.717, 1.165) is 4.90 Å². The van der Waals surface area contributed by atoms with Crippen LogP contribution in [-0.4, -0.2) is 48.7 Å². The van der Waals surface area contributed by atoms with Gasteiger partial charge in [0, 0.05) is 13.7 Å². The number of carboxylic acid groups (broad SMARTS) is 1. The monoisotopic (exact) mass is 289 g/mol. The van der Waals surface area contributed by atoms with Gasteiger partial charge in [-0.15, -0.1) is 0 Å². The molecule has 0 fully saturated rings. The summed E-state index contributed by atoms with van der Waals surface area (Å²) in [5, 5.41) is 8.56. The average molecular weight is 290 g/mol.